The van der Waals surface area contributed by atoms with Gasteiger partial charge in [-0.25, -0.2) is 0 Å². The van der Waals surface area contributed by atoms with Crippen LogP contribution < -0.4 is 5.32 Å². The summed E-state index contributed by atoms with van der Waals surface area (Å²) in [6, 6.07) is 4.47. The topological polar surface area (TPSA) is 34.2 Å². The van der Waals surface area contributed by atoms with Crippen molar-refractivity contribution in [1.82, 2.24) is 10.3 Å². The van der Waals surface area contributed by atoms with Crippen LogP contribution in [0.3, 0.4) is 0 Å². The molecule has 2 fully saturated rings. The van der Waals surface area contributed by atoms with E-state index in [1.165, 1.54) is 17.7 Å². The van der Waals surface area contributed by atoms with Crippen LogP contribution in [0.15, 0.2) is 24.5 Å². The maximum atomic E-state index is 6.16. The van der Waals surface area contributed by atoms with Crippen molar-refractivity contribution >= 4 is 11.8 Å². The summed E-state index contributed by atoms with van der Waals surface area (Å²) in [5, 5.41) is 3.62. The first-order chi connectivity index (χ1) is 8.41. The van der Waals surface area contributed by atoms with Crippen LogP contribution in [0.2, 0.25) is 0 Å². The number of hydrogen-bond acceptors (Lipinski definition) is 4. The van der Waals surface area contributed by atoms with Gasteiger partial charge in [0.2, 0.25) is 0 Å². The van der Waals surface area contributed by atoms with Crippen LogP contribution in [0.4, 0.5) is 0 Å². The molecule has 3 nitrogen and oxygen atoms in total. The monoisotopic (exact) mass is 250 g/mol. The molecule has 2 atom stereocenters. The molecular weight excluding hydrogens is 232 g/mol. The first kappa shape index (κ1) is 11.5. The fourth-order valence-corrected chi connectivity index (χ4v) is 4.06. The number of pyridine rings is 1. The van der Waals surface area contributed by atoms with Gasteiger partial charge >= 0.3 is 0 Å². The quantitative estimate of drug-likeness (QED) is 0.827. The second kappa shape index (κ2) is 4.96. The van der Waals surface area contributed by atoms with Crippen LogP contribution in [-0.4, -0.2) is 35.2 Å². The van der Waals surface area contributed by atoms with E-state index in [0.29, 0.717) is 6.04 Å². The molecule has 0 aromatic carbocycles. The molecule has 0 radical (unpaired) electrons. The summed E-state index contributed by atoms with van der Waals surface area (Å²) in [5.41, 5.74) is 1.25. The summed E-state index contributed by atoms with van der Waals surface area (Å²) in [4.78, 5) is 4.24. The Morgan fingerprint density at radius 3 is 3.29 bits per heavy atom. The number of thioether (sulfide) groups is 1. The largest absolute Gasteiger partial charge is 0.371 e. The van der Waals surface area contributed by atoms with Crippen LogP contribution in [0.25, 0.3) is 0 Å². The Morgan fingerprint density at radius 1 is 1.53 bits per heavy atom. The minimum atomic E-state index is -0.00972. The van der Waals surface area contributed by atoms with Crippen molar-refractivity contribution in [1.29, 1.82) is 0 Å². The van der Waals surface area contributed by atoms with Crippen molar-refractivity contribution in [3.05, 3.63) is 30.1 Å². The van der Waals surface area contributed by atoms with Gasteiger partial charge in [0.25, 0.3) is 0 Å². The van der Waals surface area contributed by atoms with E-state index < -0.39 is 0 Å². The zero-order chi connectivity index (χ0) is 11.6. The van der Waals surface area contributed by atoms with Crippen molar-refractivity contribution < 1.29 is 4.74 Å². The molecule has 2 aliphatic rings. The van der Waals surface area contributed by atoms with Crippen LogP contribution in [0.1, 0.15) is 24.4 Å². The third-order valence-electron chi connectivity index (χ3n) is 3.62. The normalized spacial score (nSPS) is 33.8. The molecule has 2 saturated heterocycles. The van der Waals surface area contributed by atoms with Gasteiger partial charge in [-0.15, -0.1) is 0 Å². The molecule has 3 heterocycles. The zero-order valence-corrected chi connectivity index (χ0v) is 10.7. The lowest BCUT2D eigenvalue weighted by molar-refractivity contribution is -0.0888. The third-order valence-corrected chi connectivity index (χ3v) is 4.89. The van der Waals surface area contributed by atoms with Gasteiger partial charge in [0.05, 0.1) is 18.2 Å². The van der Waals surface area contributed by atoms with Gasteiger partial charge in [0, 0.05) is 24.7 Å². The van der Waals surface area contributed by atoms with E-state index in [4.69, 9.17) is 4.74 Å². The standard InChI is InChI=1S/C13H18N2OS/c1-3-11(9-14-5-1)12-13(16-7-6-15-12)4-2-8-17-10-13/h1,3,5,9,12,15H,2,4,6-8,10H2. The highest BCUT2D eigenvalue weighted by Gasteiger charge is 2.44. The minimum Gasteiger partial charge on any atom is -0.371 e. The Hall–Kier alpha value is -0.580. The van der Waals surface area contributed by atoms with Gasteiger partial charge in [-0.1, -0.05) is 6.07 Å². The summed E-state index contributed by atoms with van der Waals surface area (Å²) < 4.78 is 6.16. The Labute approximate surface area is 106 Å². The van der Waals surface area contributed by atoms with Crippen LogP contribution in [0.5, 0.6) is 0 Å². The molecule has 17 heavy (non-hydrogen) atoms. The average Bonchev–Trinajstić information content (AvgIpc) is 2.41. The van der Waals surface area contributed by atoms with E-state index in [-0.39, 0.29) is 5.60 Å². The van der Waals surface area contributed by atoms with Crippen molar-refractivity contribution in [2.24, 2.45) is 0 Å². The number of nitrogens with zero attached hydrogens (tertiary/aromatic N) is 1. The lowest BCUT2D eigenvalue weighted by Gasteiger charge is -2.46. The molecule has 1 spiro atoms. The Bertz CT molecular complexity index is 357. The van der Waals surface area contributed by atoms with E-state index in [9.17, 15) is 0 Å². The molecule has 2 unspecified atom stereocenters. The van der Waals surface area contributed by atoms with E-state index in [1.54, 1.807) is 0 Å². The molecule has 92 valence electrons. The van der Waals surface area contributed by atoms with Crippen molar-refractivity contribution in [2.45, 2.75) is 24.5 Å². The Kier molecular flexibility index (Phi) is 3.36. The Morgan fingerprint density at radius 2 is 2.53 bits per heavy atom. The molecular formula is C13H18N2OS. The number of ether oxygens (including phenoxy) is 1. The van der Waals surface area contributed by atoms with Crippen molar-refractivity contribution in [2.75, 3.05) is 24.7 Å². The molecule has 0 amide bonds. The van der Waals surface area contributed by atoms with Gasteiger partial charge in [-0.05, 0) is 30.2 Å². The van der Waals surface area contributed by atoms with Crippen molar-refractivity contribution in [3.8, 4) is 0 Å². The number of aromatic nitrogens is 1. The molecule has 4 heteroatoms. The van der Waals surface area contributed by atoms with Gasteiger partial charge in [-0.3, -0.25) is 4.98 Å². The van der Waals surface area contributed by atoms with Gasteiger partial charge in [0.1, 0.15) is 0 Å². The summed E-state index contributed by atoms with van der Waals surface area (Å²) >= 11 is 2.01. The van der Waals surface area contributed by atoms with Crippen LogP contribution in [0, 0.1) is 0 Å². The fraction of sp³-hybridized carbons (Fsp3) is 0.615. The molecule has 3 rings (SSSR count). The summed E-state index contributed by atoms with van der Waals surface area (Å²) in [7, 11) is 0. The maximum Gasteiger partial charge on any atom is 0.0967 e. The third kappa shape index (κ3) is 2.21. The van der Waals surface area contributed by atoms with Gasteiger partial charge in [0.15, 0.2) is 0 Å². The SMILES string of the molecule is c1cncc(C2NCCOC23CCCSC3)c1. The maximum absolute atomic E-state index is 6.16. The molecule has 2 aliphatic heterocycles. The average molecular weight is 250 g/mol. The number of rotatable bonds is 1. The second-order valence-electron chi connectivity index (χ2n) is 4.74. The summed E-state index contributed by atoms with van der Waals surface area (Å²) in [5.74, 6) is 2.37. The molecule has 0 aliphatic carbocycles. The van der Waals surface area contributed by atoms with Gasteiger partial charge < -0.3 is 10.1 Å². The van der Waals surface area contributed by atoms with Crippen LogP contribution in [-0.2, 0) is 4.74 Å². The molecule has 0 bridgehead atoms. The van der Waals surface area contributed by atoms with Crippen LogP contribution >= 0.6 is 11.8 Å². The molecule has 1 aromatic rings. The lowest BCUT2D eigenvalue weighted by atomic mass is 9.85. The van der Waals surface area contributed by atoms with E-state index in [2.05, 4.69) is 16.4 Å². The number of hydrogen-bond donors (Lipinski definition) is 1. The zero-order valence-electron chi connectivity index (χ0n) is 9.89. The number of morpholine rings is 1. The minimum absolute atomic E-state index is 0.00972. The smallest absolute Gasteiger partial charge is 0.0967 e. The fourth-order valence-electron chi connectivity index (χ4n) is 2.83. The van der Waals surface area contributed by atoms with E-state index >= 15 is 0 Å². The highest BCUT2D eigenvalue weighted by molar-refractivity contribution is 7.99. The Balaban J connectivity index is 1.89. The highest BCUT2D eigenvalue weighted by Crippen LogP contribution is 2.41. The van der Waals surface area contributed by atoms with E-state index in [1.807, 2.05) is 30.2 Å². The molecule has 0 saturated carbocycles. The second-order valence-corrected chi connectivity index (χ2v) is 5.85. The van der Waals surface area contributed by atoms with E-state index in [0.717, 1.165) is 25.3 Å². The summed E-state index contributed by atoms with van der Waals surface area (Å²) in [6.45, 7) is 1.77. The lowest BCUT2D eigenvalue weighted by Crippen LogP contribution is -2.55. The summed E-state index contributed by atoms with van der Waals surface area (Å²) in [6.07, 6.45) is 6.21. The highest BCUT2D eigenvalue weighted by atomic mass is 32.2. The predicted molar refractivity (Wildman–Crippen MR) is 70.2 cm³/mol. The molecule has 1 aromatic heterocycles. The van der Waals surface area contributed by atoms with Gasteiger partial charge in [-0.2, -0.15) is 11.8 Å². The molecule has 1 N–H and O–H groups in total. The number of nitrogens with one attached hydrogen (secondary N) is 1. The first-order valence-corrected chi connectivity index (χ1v) is 7.41. The van der Waals surface area contributed by atoms with Crippen molar-refractivity contribution in [3.63, 3.8) is 0 Å². The predicted octanol–water partition coefficient (Wildman–Crippen LogP) is 2.01. The first-order valence-electron chi connectivity index (χ1n) is 6.26.